The van der Waals surface area contributed by atoms with Crippen molar-refractivity contribution in [1.82, 2.24) is 9.38 Å². The molecule has 1 aromatic carbocycles. The largest absolute Gasteiger partial charge is 0.321 e. The molecule has 2 heterocycles. The first-order valence-electron chi connectivity index (χ1n) is 7.53. The van der Waals surface area contributed by atoms with Crippen molar-refractivity contribution >= 4 is 17.2 Å². The number of imidazole rings is 1. The number of hydrogen-bond acceptors (Lipinski definition) is 2. The number of carbonyl (C=O) groups is 1. The van der Waals surface area contributed by atoms with Gasteiger partial charge in [0.15, 0.2) is 0 Å². The summed E-state index contributed by atoms with van der Waals surface area (Å²) in [6.07, 6.45) is 3.66. The third kappa shape index (κ3) is 2.72. The highest BCUT2D eigenvalue weighted by Crippen LogP contribution is 2.18. The molecule has 0 spiro atoms. The van der Waals surface area contributed by atoms with Crippen molar-refractivity contribution in [1.29, 1.82) is 0 Å². The Morgan fingerprint density at radius 1 is 1.23 bits per heavy atom. The minimum Gasteiger partial charge on any atom is -0.321 e. The fraction of sp³-hybridized carbons (Fsp3) is 0.222. The maximum Gasteiger partial charge on any atom is 0.274 e. The molecule has 0 aliphatic heterocycles. The van der Waals surface area contributed by atoms with Crippen molar-refractivity contribution in [2.75, 3.05) is 5.32 Å². The zero-order chi connectivity index (χ0) is 15.5. The Balaban J connectivity index is 2.04. The number of nitrogens with zero attached hydrogens (tertiary/aromatic N) is 2. The molecule has 4 heteroatoms. The van der Waals surface area contributed by atoms with Crippen LogP contribution in [0.2, 0.25) is 0 Å². The van der Waals surface area contributed by atoms with E-state index in [1.807, 2.05) is 60.0 Å². The normalized spacial score (nSPS) is 10.8. The molecule has 0 bridgehead atoms. The molecule has 2 aromatic heterocycles. The van der Waals surface area contributed by atoms with Crippen molar-refractivity contribution in [2.24, 2.45) is 0 Å². The number of amides is 1. The van der Waals surface area contributed by atoms with Gasteiger partial charge in [0.25, 0.3) is 5.91 Å². The van der Waals surface area contributed by atoms with Gasteiger partial charge in [-0.05, 0) is 43.2 Å². The van der Waals surface area contributed by atoms with Gasteiger partial charge in [0, 0.05) is 11.9 Å². The van der Waals surface area contributed by atoms with Crippen LogP contribution in [0.3, 0.4) is 0 Å². The Morgan fingerprint density at radius 2 is 2.00 bits per heavy atom. The van der Waals surface area contributed by atoms with E-state index in [1.54, 1.807) is 0 Å². The molecule has 0 radical (unpaired) electrons. The fourth-order valence-electron chi connectivity index (χ4n) is 2.56. The van der Waals surface area contributed by atoms with Crippen LogP contribution in [0, 0.1) is 6.92 Å². The molecule has 3 rings (SSSR count). The van der Waals surface area contributed by atoms with Gasteiger partial charge < -0.3 is 5.32 Å². The van der Waals surface area contributed by atoms with Crippen LogP contribution in [-0.4, -0.2) is 15.3 Å². The van der Waals surface area contributed by atoms with Gasteiger partial charge in [0.2, 0.25) is 0 Å². The lowest BCUT2D eigenvalue weighted by atomic mass is 10.2. The van der Waals surface area contributed by atoms with Gasteiger partial charge in [0.05, 0.1) is 5.69 Å². The number of nitrogens with one attached hydrogen (secondary N) is 1. The van der Waals surface area contributed by atoms with Crippen LogP contribution in [0.15, 0.2) is 48.7 Å². The first-order valence-corrected chi connectivity index (χ1v) is 7.53. The number of carbonyl (C=O) groups excluding carboxylic acids is 1. The smallest absolute Gasteiger partial charge is 0.274 e. The van der Waals surface area contributed by atoms with E-state index < -0.39 is 0 Å². The summed E-state index contributed by atoms with van der Waals surface area (Å²) < 4.78 is 1.87. The average molecular weight is 293 g/mol. The Labute approximate surface area is 129 Å². The zero-order valence-electron chi connectivity index (χ0n) is 12.8. The Morgan fingerprint density at radius 3 is 2.73 bits per heavy atom. The van der Waals surface area contributed by atoms with E-state index in [2.05, 4.69) is 17.2 Å². The number of fused-ring (bicyclic) bond motifs is 1. The minimum absolute atomic E-state index is 0.119. The molecule has 0 aliphatic rings. The van der Waals surface area contributed by atoms with Gasteiger partial charge in [-0.15, -0.1) is 0 Å². The summed E-state index contributed by atoms with van der Waals surface area (Å²) in [7, 11) is 0. The molecule has 112 valence electrons. The van der Waals surface area contributed by atoms with Crippen molar-refractivity contribution in [3.63, 3.8) is 0 Å². The number of benzene rings is 1. The second kappa shape index (κ2) is 6.02. The molecule has 1 amide bonds. The third-order valence-corrected chi connectivity index (χ3v) is 3.59. The van der Waals surface area contributed by atoms with Crippen molar-refractivity contribution < 1.29 is 4.79 Å². The predicted octanol–water partition coefficient (Wildman–Crippen LogP) is 3.85. The van der Waals surface area contributed by atoms with E-state index in [0.717, 1.165) is 35.4 Å². The second-order valence-electron chi connectivity index (χ2n) is 5.41. The van der Waals surface area contributed by atoms with Crippen LogP contribution in [0.5, 0.6) is 0 Å². The van der Waals surface area contributed by atoms with Crippen LogP contribution < -0.4 is 5.32 Å². The zero-order valence-corrected chi connectivity index (χ0v) is 12.8. The molecular formula is C18H19N3O. The monoisotopic (exact) mass is 293 g/mol. The van der Waals surface area contributed by atoms with E-state index in [9.17, 15) is 4.79 Å². The molecule has 0 saturated carbocycles. The van der Waals surface area contributed by atoms with E-state index in [0.29, 0.717) is 5.69 Å². The molecule has 0 unspecified atom stereocenters. The lowest BCUT2D eigenvalue weighted by molar-refractivity contribution is 0.102. The number of anilines is 1. The lowest BCUT2D eigenvalue weighted by Crippen LogP contribution is -2.16. The molecule has 0 atom stereocenters. The standard InChI is InChI=1S/C18H19N3O/c1-3-7-15-17(18(22)19-14-8-5-4-6-9-14)21-11-10-13(2)12-16(21)20-15/h4-6,8-12H,3,7H2,1-2H3,(H,19,22). The molecule has 0 saturated heterocycles. The van der Waals surface area contributed by atoms with Crippen LogP contribution in [0.1, 0.15) is 35.1 Å². The summed E-state index contributed by atoms with van der Waals surface area (Å²) in [6, 6.07) is 13.5. The average Bonchev–Trinajstić information content (AvgIpc) is 2.85. The van der Waals surface area contributed by atoms with Gasteiger partial charge in [-0.1, -0.05) is 31.5 Å². The van der Waals surface area contributed by atoms with Crippen molar-refractivity contribution in [2.45, 2.75) is 26.7 Å². The summed E-state index contributed by atoms with van der Waals surface area (Å²) in [5.74, 6) is -0.119. The van der Waals surface area contributed by atoms with Gasteiger partial charge >= 0.3 is 0 Å². The number of para-hydroxylation sites is 1. The highest BCUT2D eigenvalue weighted by atomic mass is 16.2. The highest BCUT2D eigenvalue weighted by molar-refractivity contribution is 6.04. The summed E-state index contributed by atoms with van der Waals surface area (Å²) in [5.41, 5.74) is 4.22. The van der Waals surface area contributed by atoms with Gasteiger partial charge in [-0.3, -0.25) is 9.20 Å². The number of aryl methyl sites for hydroxylation is 2. The van der Waals surface area contributed by atoms with E-state index in [1.165, 1.54) is 0 Å². The topological polar surface area (TPSA) is 46.4 Å². The number of hydrogen-bond donors (Lipinski definition) is 1. The predicted molar refractivity (Wildman–Crippen MR) is 88.3 cm³/mol. The SMILES string of the molecule is CCCc1nc2cc(C)ccn2c1C(=O)Nc1ccccc1. The number of pyridine rings is 1. The van der Waals surface area contributed by atoms with E-state index >= 15 is 0 Å². The Kier molecular flexibility index (Phi) is 3.92. The second-order valence-corrected chi connectivity index (χ2v) is 5.41. The summed E-state index contributed by atoms with van der Waals surface area (Å²) >= 11 is 0. The number of aromatic nitrogens is 2. The van der Waals surface area contributed by atoms with Gasteiger partial charge in [-0.2, -0.15) is 0 Å². The first-order chi connectivity index (χ1) is 10.7. The van der Waals surface area contributed by atoms with Crippen LogP contribution in [0.4, 0.5) is 5.69 Å². The van der Waals surface area contributed by atoms with Crippen molar-refractivity contribution in [3.05, 3.63) is 65.6 Å². The molecule has 0 fully saturated rings. The van der Waals surface area contributed by atoms with Crippen LogP contribution >= 0.6 is 0 Å². The van der Waals surface area contributed by atoms with Crippen molar-refractivity contribution in [3.8, 4) is 0 Å². The lowest BCUT2D eigenvalue weighted by Gasteiger charge is -2.07. The highest BCUT2D eigenvalue weighted by Gasteiger charge is 2.18. The van der Waals surface area contributed by atoms with E-state index in [4.69, 9.17) is 0 Å². The summed E-state index contributed by atoms with van der Waals surface area (Å²) in [4.78, 5) is 17.3. The third-order valence-electron chi connectivity index (χ3n) is 3.59. The molecule has 3 aromatic rings. The molecule has 4 nitrogen and oxygen atoms in total. The summed E-state index contributed by atoms with van der Waals surface area (Å²) in [6.45, 7) is 4.12. The fourth-order valence-corrected chi connectivity index (χ4v) is 2.56. The van der Waals surface area contributed by atoms with Crippen LogP contribution in [-0.2, 0) is 6.42 Å². The molecular weight excluding hydrogens is 274 g/mol. The van der Waals surface area contributed by atoms with Crippen LogP contribution in [0.25, 0.3) is 5.65 Å². The van der Waals surface area contributed by atoms with E-state index in [-0.39, 0.29) is 5.91 Å². The quantitative estimate of drug-likeness (QED) is 0.794. The van der Waals surface area contributed by atoms with Gasteiger partial charge in [-0.25, -0.2) is 4.98 Å². The van der Waals surface area contributed by atoms with Gasteiger partial charge in [0.1, 0.15) is 11.3 Å². The minimum atomic E-state index is -0.119. The summed E-state index contributed by atoms with van der Waals surface area (Å²) in [5, 5.41) is 2.95. The Hall–Kier alpha value is -2.62. The number of rotatable bonds is 4. The molecule has 0 aliphatic carbocycles. The first kappa shape index (κ1) is 14.3. The Bertz CT molecular complexity index is 806. The molecule has 22 heavy (non-hydrogen) atoms. The molecule has 1 N–H and O–H groups in total. The maximum absolute atomic E-state index is 12.7. The maximum atomic E-state index is 12.7.